The van der Waals surface area contributed by atoms with E-state index in [0.29, 0.717) is 6.67 Å². The lowest BCUT2D eigenvalue weighted by Crippen LogP contribution is -2.25. The van der Waals surface area contributed by atoms with Gasteiger partial charge in [0, 0.05) is 46.0 Å². The van der Waals surface area contributed by atoms with Crippen molar-refractivity contribution in [2.75, 3.05) is 16.5 Å². The number of hydrogen-bond acceptors (Lipinski definition) is 4. The van der Waals surface area contributed by atoms with Gasteiger partial charge in [-0.05, 0) is 110 Å². The molecule has 0 bridgehead atoms. The van der Waals surface area contributed by atoms with E-state index in [0.717, 1.165) is 45.0 Å². The molecule has 3 heterocycles. The van der Waals surface area contributed by atoms with Crippen LogP contribution >= 0.6 is 0 Å². The predicted octanol–water partition coefficient (Wildman–Crippen LogP) is 16.1. The van der Waals surface area contributed by atoms with Gasteiger partial charge in [0.1, 0.15) is 24.0 Å². The standard InChI is InChI=1S/C58H62N4O/c1-55(2,3)39-26-24-38(25-27-39)48-36-59-54(35-49(48)58(10,11)12)62-50-21-14-13-20-46(50)47-29-28-45(34-53(47)62)63-44-19-17-18-42(33-44)60-37-61(52-23-16-15-22-51(52)60)43-31-40(56(4,5)6)30-41(32-43)57(7,8)9/h13-36H,37H2,1-12H3. The summed E-state index contributed by atoms with van der Waals surface area (Å²) < 4.78 is 9.09. The van der Waals surface area contributed by atoms with E-state index in [1.54, 1.807) is 0 Å². The number of fused-ring (bicyclic) bond motifs is 4. The van der Waals surface area contributed by atoms with Crippen LogP contribution in [0.2, 0.25) is 0 Å². The zero-order chi connectivity index (χ0) is 44.6. The molecule has 0 N–H and O–H groups in total. The number of anilines is 4. The summed E-state index contributed by atoms with van der Waals surface area (Å²) in [6, 6.07) is 50.7. The lowest BCUT2D eigenvalue weighted by molar-refractivity contribution is 0.483. The highest BCUT2D eigenvalue weighted by Crippen LogP contribution is 2.47. The molecule has 8 aromatic rings. The summed E-state index contributed by atoms with van der Waals surface area (Å²) in [5.74, 6) is 2.44. The van der Waals surface area contributed by atoms with Gasteiger partial charge in [-0.15, -0.1) is 0 Å². The van der Waals surface area contributed by atoms with Crippen LogP contribution in [-0.4, -0.2) is 16.2 Å². The van der Waals surface area contributed by atoms with E-state index >= 15 is 0 Å². The molecular formula is C58H62N4O. The molecule has 5 nitrogen and oxygen atoms in total. The van der Waals surface area contributed by atoms with E-state index in [1.165, 1.54) is 50.3 Å². The molecular weight excluding hydrogens is 769 g/mol. The highest BCUT2D eigenvalue weighted by atomic mass is 16.5. The number of hydrogen-bond donors (Lipinski definition) is 0. The van der Waals surface area contributed by atoms with Crippen molar-refractivity contribution in [2.24, 2.45) is 0 Å². The summed E-state index contributed by atoms with van der Waals surface area (Å²) in [4.78, 5) is 10.1. The van der Waals surface area contributed by atoms with Gasteiger partial charge in [0.25, 0.3) is 0 Å². The van der Waals surface area contributed by atoms with Gasteiger partial charge in [0.2, 0.25) is 0 Å². The van der Waals surface area contributed by atoms with Crippen LogP contribution in [0.5, 0.6) is 11.5 Å². The monoisotopic (exact) mass is 830 g/mol. The summed E-state index contributed by atoms with van der Waals surface area (Å²) in [5.41, 5.74) is 14.5. The molecule has 0 unspecified atom stereocenters. The fourth-order valence-electron chi connectivity index (χ4n) is 8.97. The van der Waals surface area contributed by atoms with Gasteiger partial charge >= 0.3 is 0 Å². The molecule has 2 aromatic heterocycles. The Kier molecular flexibility index (Phi) is 10.1. The normalized spacial score (nSPS) is 13.6. The molecule has 0 saturated carbocycles. The van der Waals surface area contributed by atoms with Crippen molar-refractivity contribution in [3.8, 4) is 28.4 Å². The first-order chi connectivity index (χ1) is 29.7. The van der Waals surface area contributed by atoms with Crippen molar-refractivity contribution < 1.29 is 4.74 Å². The third kappa shape index (κ3) is 7.99. The number of pyridine rings is 1. The molecule has 0 saturated heterocycles. The zero-order valence-electron chi connectivity index (χ0n) is 39.3. The Bertz CT molecular complexity index is 2970. The molecule has 1 aliphatic rings. The third-order valence-corrected chi connectivity index (χ3v) is 12.7. The number of benzene rings is 6. The first kappa shape index (κ1) is 42.0. The van der Waals surface area contributed by atoms with E-state index in [9.17, 15) is 0 Å². The number of ether oxygens (including phenoxy) is 1. The molecule has 6 aromatic carbocycles. The number of para-hydroxylation sites is 3. The maximum Gasteiger partial charge on any atom is 0.137 e. The van der Waals surface area contributed by atoms with Gasteiger partial charge in [0.05, 0.1) is 22.4 Å². The Morgan fingerprint density at radius 3 is 1.68 bits per heavy atom. The summed E-state index contributed by atoms with van der Waals surface area (Å²) >= 11 is 0. The fraction of sp³-hybridized carbons (Fsp3) is 0.293. The largest absolute Gasteiger partial charge is 0.457 e. The van der Waals surface area contributed by atoms with Gasteiger partial charge in [0.15, 0.2) is 0 Å². The molecule has 320 valence electrons. The molecule has 5 heteroatoms. The van der Waals surface area contributed by atoms with Gasteiger partial charge in [-0.3, -0.25) is 4.57 Å². The van der Waals surface area contributed by atoms with E-state index < -0.39 is 0 Å². The highest BCUT2D eigenvalue weighted by molar-refractivity contribution is 6.09. The minimum Gasteiger partial charge on any atom is -0.457 e. The number of rotatable bonds is 6. The van der Waals surface area contributed by atoms with E-state index in [2.05, 4.69) is 243 Å². The van der Waals surface area contributed by atoms with E-state index in [-0.39, 0.29) is 21.7 Å². The SMILES string of the molecule is CC(C)(C)c1ccc(-c2cnc(-n3c4ccccc4c4ccc(Oc5cccc(N6CN(c7cc(C(C)(C)C)cc(C(C)(C)C)c7)c7ccccc76)c5)cc43)cc2C(C)(C)C)cc1. The smallest absolute Gasteiger partial charge is 0.137 e. The lowest BCUT2D eigenvalue weighted by Gasteiger charge is -2.29. The van der Waals surface area contributed by atoms with Crippen LogP contribution < -0.4 is 14.5 Å². The Labute approximate surface area is 375 Å². The van der Waals surface area contributed by atoms with Gasteiger partial charge in [-0.2, -0.15) is 0 Å². The molecule has 0 spiro atoms. The molecule has 63 heavy (non-hydrogen) atoms. The highest BCUT2D eigenvalue weighted by Gasteiger charge is 2.31. The molecule has 0 aliphatic carbocycles. The summed E-state index contributed by atoms with van der Waals surface area (Å²) in [6.45, 7) is 28.1. The molecule has 0 radical (unpaired) electrons. The summed E-state index contributed by atoms with van der Waals surface area (Å²) in [7, 11) is 0. The van der Waals surface area contributed by atoms with Crippen LogP contribution in [0.1, 0.15) is 105 Å². The second kappa shape index (κ2) is 15.2. The Hall–Kier alpha value is -6.33. The minimum atomic E-state index is -0.119. The zero-order valence-corrected chi connectivity index (χ0v) is 39.3. The van der Waals surface area contributed by atoms with Crippen molar-refractivity contribution >= 4 is 44.6 Å². The lowest BCUT2D eigenvalue weighted by atomic mass is 9.80. The second-order valence-electron chi connectivity index (χ2n) is 21.6. The van der Waals surface area contributed by atoms with Crippen molar-refractivity contribution in [2.45, 2.75) is 105 Å². The van der Waals surface area contributed by atoms with Crippen molar-refractivity contribution in [3.63, 3.8) is 0 Å². The van der Waals surface area contributed by atoms with Crippen LogP contribution in [0.25, 0.3) is 38.8 Å². The summed E-state index contributed by atoms with van der Waals surface area (Å²) in [6.07, 6.45) is 2.07. The average Bonchev–Trinajstić information content (AvgIpc) is 3.78. The van der Waals surface area contributed by atoms with Gasteiger partial charge in [-0.25, -0.2) is 4.98 Å². The fourth-order valence-corrected chi connectivity index (χ4v) is 8.97. The first-order valence-electron chi connectivity index (χ1n) is 22.5. The Balaban J connectivity index is 1.07. The maximum atomic E-state index is 6.79. The van der Waals surface area contributed by atoms with Gasteiger partial charge in [-0.1, -0.05) is 150 Å². The van der Waals surface area contributed by atoms with Crippen LogP contribution in [0.3, 0.4) is 0 Å². The quantitative estimate of drug-likeness (QED) is 0.167. The van der Waals surface area contributed by atoms with E-state index in [1.807, 2.05) is 0 Å². The van der Waals surface area contributed by atoms with Crippen LogP contribution in [0.4, 0.5) is 22.7 Å². The van der Waals surface area contributed by atoms with Crippen molar-refractivity contribution in [3.05, 3.63) is 168 Å². The van der Waals surface area contributed by atoms with Crippen molar-refractivity contribution in [1.29, 1.82) is 0 Å². The average molecular weight is 831 g/mol. The predicted molar refractivity (Wildman–Crippen MR) is 267 cm³/mol. The molecule has 0 amide bonds. The van der Waals surface area contributed by atoms with E-state index in [4.69, 9.17) is 9.72 Å². The van der Waals surface area contributed by atoms with Gasteiger partial charge < -0.3 is 14.5 Å². The maximum absolute atomic E-state index is 6.79. The third-order valence-electron chi connectivity index (χ3n) is 12.7. The Morgan fingerprint density at radius 2 is 1.05 bits per heavy atom. The Morgan fingerprint density at radius 1 is 0.460 bits per heavy atom. The first-order valence-corrected chi connectivity index (χ1v) is 22.5. The molecule has 9 rings (SSSR count). The number of nitrogens with zero attached hydrogens (tertiary/aromatic N) is 4. The van der Waals surface area contributed by atoms with Crippen LogP contribution in [-0.2, 0) is 21.7 Å². The summed E-state index contributed by atoms with van der Waals surface area (Å²) in [5, 5.41) is 2.34. The minimum absolute atomic E-state index is 0.0217. The second-order valence-corrected chi connectivity index (χ2v) is 21.6. The van der Waals surface area contributed by atoms with Crippen LogP contribution in [0, 0.1) is 0 Å². The molecule has 0 atom stereocenters. The number of aromatic nitrogens is 2. The van der Waals surface area contributed by atoms with Crippen molar-refractivity contribution in [1.82, 2.24) is 9.55 Å². The molecule has 0 fully saturated rings. The van der Waals surface area contributed by atoms with Crippen LogP contribution in [0.15, 0.2) is 146 Å². The molecule has 1 aliphatic heterocycles. The topological polar surface area (TPSA) is 33.5 Å².